The lowest BCUT2D eigenvalue weighted by Gasteiger charge is -2.09. The SMILES string of the molecule is O=C(NCCOc1ccc2nnc(-c3ccccc3Cl)n2n1)c1cc(Cl)ccc1Cl. The van der Waals surface area contributed by atoms with Crippen molar-refractivity contribution in [2.24, 2.45) is 0 Å². The van der Waals surface area contributed by atoms with Crippen LogP contribution in [0, 0.1) is 0 Å². The minimum Gasteiger partial charge on any atom is -0.475 e. The number of hydrogen-bond donors (Lipinski definition) is 1. The van der Waals surface area contributed by atoms with E-state index in [1.165, 1.54) is 6.07 Å². The van der Waals surface area contributed by atoms with Crippen molar-refractivity contribution < 1.29 is 9.53 Å². The first-order valence-corrected chi connectivity index (χ1v) is 10.00. The minimum atomic E-state index is -0.339. The van der Waals surface area contributed by atoms with Crippen LogP contribution in [0.1, 0.15) is 10.4 Å². The predicted molar refractivity (Wildman–Crippen MR) is 116 cm³/mol. The predicted octanol–water partition coefficient (Wildman–Crippen LogP) is 4.56. The fourth-order valence-corrected chi connectivity index (χ4v) is 3.34. The highest BCUT2D eigenvalue weighted by molar-refractivity contribution is 6.35. The van der Waals surface area contributed by atoms with Crippen LogP contribution in [0.3, 0.4) is 0 Å². The lowest BCUT2D eigenvalue weighted by molar-refractivity contribution is 0.0946. The Kier molecular flexibility index (Phi) is 6.03. The molecule has 7 nitrogen and oxygen atoms in total. The third-order valence-corrected chi connectivity index (χ3v) is 5.06. The van der Waals surface area contributed by atoms with Gasteiger partial charge in [-0.15, -0.1) is 15.3 Å². The first-order valence-electron chi connectivity index (χ1n) is 8.86. The summed E-state index contributed by atoms with van der Waals surface area (Å²) >= 11 is 18.2. The number of rotatable bonds is 6. The number of carbonyl (C=O) groups excluding carboxylic acids is 1. The average Bonchev–Trinajstić information content (AvgIpc) is 3.16. The molecular weight excluding hydrogens is 449 g/mol. The maximum Gasteiger partial charge on any atom is 0.252 e. The highest BCUT2D eigenvalue weighted by Gasteiger charge is 2.14. The van der Waals surface area contributed by atoms with Crippen LogP contribution in [0.4, 0.5) is 0 Å². The largest absolute Gasteiger partial charge is 0.475 e. The van der Waals surface area contributed by atoms with Crippen LogP contribution in [0.5, 0.6) is 5.88 Å². The quantitative estimate of drug-likeness (QED) is 0.425. The lowest BCUT2D eigenvalue weighted by atomic mass is 10.2. The normalized spacial score (nSPS) is 10.9. The molecule has 4 rings (SSSR count). The number of hydrogen-bond acceptors (Lipinski definition) is 5. The van der Waals surface area contributed by atoms with E-state index >= 15 is 0 Å². The molecule has 152 valence electrons. The monoisotopic (exact) mass is 461 g/mol. The van der Waals surface area contributed by atoms with E-state index < -0.39 is 0 Å². The van der Waals surface area contributed by atoms with Gasteiger partial charge in [-0.3, -0.25) is 4.79 Å². The molecule has 0 unspecified atom stereocenters. The molecule has 2 aromatic carbocycles. The zero-order chi connectivity index (χ0) is 21.1. The topological polar surface area (TPSA) is 81.4 Å². The number of fused-ring (bicyclic) bond motifs is 1. The molecule has 1 N–H and O–H groups in total. The molecule has 0 saturated heterocycles. The third kappa shape index (κ3) is 4.33. The van der Waals surface area contributed by atoms with Gasteiger partial charge in [0, 0.05) is 16.7 Å². The van der Waals surface area contributed by atoms with Crippen LogP contribution in [-0.4, -0.2) is 38.9 Å². The van der Waals surface area contributed by atoms with Crippen molar-refractivity contribution in [3.63, 3.8) is 0 Å². The first kappa shape index (κ1) is 20.4. The van der Waals surface area contributed by atoms with Crippen molar-refractivity contribution in [2.45, 2.75) is 0 Å². The van der Waals surface area contributed by atoms with Gasteiger partial charge in [0.15, 0.2) is 11.5 Å². The van der Waals surface area contributed by atoms with Gasteiger partial charge in [-0.25, -0.2) is 0 Å². The number of nitrogens with one attached hydrogen (secondary N) is 1. The molecule has 0 atom stereocenters. The molecule has 1 amide bonds. The fourth-order valence-electron chi connectivity index (χ4n) is 2.75. The molecule has 0 fully saturated rings. The van der Waals surface area contributed by atoms with Crippen molar-refractivity contribution in [2.75, 3.05) is 13.2 Å². The summed E-state index contributed by atoms with van der Waals surface area (Å²) in [5, 5.41) is 16.7. The number of aromatic nitrogens is 4. The maximum absolute atomic E-state index is 12.2. The standard InChI is InChI=1S/C20H14Cl3N5O2/c21-12-5-6-16(23)14(11-12)20(29)24-9-10-30-18-8-7-17-25-26-19(28(17)27-18)13-3-1-2-4-15(13)22/h1-8,11H,9-10H2,(H,24,29). The van der Waals surface area contributed by atoms with E-state index in [9.17, 15) is 4.79 Å². The Morgan fingerprint density at radius 1 is 1.00 bits per heavy atom. The Balaban J connectivity index is 1.42. The Bertz CT molecular complexity index is 1230. The highest BCUT2D eigenvalue weighted by Crippen LogP contribution is 2.26. The Hall–Kier alpha value is -2.87. The zero-order valence-electron chi connectivity index (χ0n) is 15.3. The van der Waals surface area contributed by atoms with Gasteiger partial charge in [0.25, 0.3) is 5.91 Å². The second-order valence-corrected chi connectivity index (χ2v) is 7.42. The van der Waals surface area contributed by atoms with Gasteiger partial charge in [-0.2, -0.15) is 4.52 Å². The van der Waals surface area contributed by atoms with E-state index in [0.29, 0.717) is 43.5 Å². The van der Waals surface area contributed by atoms with Crippen LogP contribution in [-0.2, 0) is 0 Å². The molecule has 0 spiro atoms. The van der Waals surface area contributed by atoms with Crippen molar-refractivity contribution in [3.8, 4) is 17.3 Å². The second kappa shape index (κ2) is 8.87. The number of carbonyl (C=O) groups is 1. The number of nitrogens with zero attached hydrogens (tertiary/aromatic N) is 4. The molecule has 2 aromatic heterocycles. The van der Waals surface area contributed by atoms with Crippen LogP contribution >= 0.6 is 34.8 Å². The van der Waals surface area contributed by atoms with Gasteiger partial charge < -0.3 is 10.1 Å². The lowest BCUT2D eigenvalue weighted by Crippen LogP contribution is -2.28. The summed E-state index contributed by atoms with van der Waals surface area (Å²) in [5.74, 6) is 0.518. The van der Waals surface area contributed by atoms with Gasteiger partial charge in [0.05, 0.1) is 22.2 Å². The van der Waals surface area contributed by atoms with E-state index in [1.807, 2.05) is 18.2 Å². The number of amides is 1. The molecule has 0 bridgehead atoms. The van der Waals surface area contributed by atoms with Crippen LogP contribution in [0.25, 0.3) is 17.0 Å². The van der Waals surface area contributed by atoms with Crippen molar-refractivity contribution in [3.05, 3.63) is 75.2 Å². The molecule has 0 aliphatic carbocycles. The molecule has 4 aromatic rings. The molecule has 30 heavy (non-hydrogen) atoms. The van der Waals surface area contributed by atoms with E-state index in [-0.39, 0.29) is 19.1 Å². The Labute approximate surface area is 186 Å². The van der Waals surface area contributed by atoms with Crippen molar-refractivity contribution in [1.29, 1.82) is 0 Å². The summed E-state index contributed by atoms with van der Waals surface area (Å²) in [6.45, 7) is 0.451. The van der Waals surface area contributed by atoms with Crippen molar-refractivity contribution >= 4 is 46.4 Å². The maximum atomic E-state index is 12.2. The Morgan fingerprint density at radius 2 is 1.83 bits per heavy atom. The molecule has 0 aliphatic rings. The van der Waals surface area contributed by atoms with E-state index in [2.05, 4.69) is 20.6 Å². The molecule has 0 saturated carbocycles. The van der Waals surface area contributed by atoms with Gasteiger partial charge >= 0.3 is 0 Å². The van der Waals surface area contributed by atoms with Gasteiger partial charge in [-0.05, 0) is 36.4 Å². The summed E-state index contributed by atoms with van der Waals surface area (Å²) < 4.78 is 7.21. The number of halogens is 3. The van der Waals surface area contributed by atoms with E-state index in [4.69, 9.17) is 39.5 Å². The van der Waals surface area contributed by atoms with Gasteiger partial charge in [-0.1, -0.05) is 46.9 Å². The molecule has 0 aliphatic heterocycles. The summed E-state index contributed by atoms with van der Waals surface area (Å²) in [5.41, 5.74) is 1.57. The smallest absolute Gasteiger partial charge is 0.252 e. The first-order chi connectivity index (χ1) is 14.5. The highest BCUT2D eigenvalue weighted by atomic mass is 35.5. The molecule has 10 heteroatoms. The van der Waals surface area contributed by atoms with Crippen LogP contribution in [0.2, 0.25) is 15.1 Å². The van der Waals surface area contributed by atoms with E-state index in [1.54, 1.807) is 34.8 Å². The summed E-state index contributed by atoms with van der Waals surface area (Å²) in [6, 6.07) is 15.4. The average molecular weight is 463 g/mol. The zero-order valence-corrected chi connectivity index (χ0v) is 17.6. The summed E-state index contributed by atoms with van der Waals surface area (Å²) in [6.07, 6.45) is 0. The second-order valence-electron chi connectivity index (χ2n) is 6.17. The minimum absolute atomic E-state index is 0.200. The van der Waals surface area contributed by atoms with Crippen molar-refractivity contribution in [1.82, 2.24) is 25.1 Å². The molecule has 2 heterocycles. The third-order valence-electron chi connectivity index (χ3n) is 4.16. The number of benzene rings is 2. The van der Waals surface area contributed by atoms with Gasteiger partial charge in [0.1, 0.15) is 6.61 Å². The Morgan fingerprint density at radius 3 is 2.67 bits per heavy atom. The van der Waals surface area contributed by atoms with Gasteiger partial charge in [0.2, 0.25) is 5.88 Å². The fraction of sp³-hybridized carbons (Fsp3) is 0.100. The molecular formula is C20H14Cl3N5O2. The summed E-state index contributed by atoms with van der Waals surface area (Å²) in [7, 11) is 0. The number of ether oxygens (including phenoxy) is 1. The van der Waals surface area contributed by atoms with E-state index in [0.717, 1.165) is 0 Å². The van der Waals surface area contributed by atoms with Crippen LogP contribution in [0.15, 0.2) is 54.6 Å². The summed E-state index contributed by atoms with van der Waals surface area (Å²) in [4.78, 5) is 12.2. The van der Waals surface area contributed by atoms with Crippen LogP contribution < -0.4 is 10.1 Å². The molecule has 0 radical (unpaired) electrons.